The predicted octanol–water partition coefficient (Wildman–Crippen LogP) is 4.42. The molecule has 0 aliphatic carbocycles. The SMILES string of the molecule is Cc1nnc(SCCOc2ccc(C=CC(=O)C=Cc3ccccc3Cl)cc2)n1N. The highest BCUT2D eigenvalue weighted by Gasteiger charge is 2.06. The molecule has 8 heteroatoms. The van der Waals surface area contributed by atoms with Crippen LogP contribution in [0.2, 0.25) is 5.02 Å². The molecule has 0 fully saturated rings. The summed E-state index contributed by atoms with van der Waals surface area (Å²) in [5.41, 5.74) is 1.71. The number of carbonyl (C=O) groups is 1. The van der Waals surface area contributed by atoms with Gasteiger partial charge >= 0.3 is 0 Å². The number of rotatable bonds is 9. The van der Waals surface area contributed by atoms with Crippen LogP contribution in [-0.4, -0.2) is 33.0 Å². The summed E-state index contributed by atoms with van der Waals surface area (Å²) in [6.45, 7) is 2.31. The number of nitrogens with zero attached hydrogens (tertiary/aromatic N) is 3. The lowest BCUT2D eigenvalue weighted by molar-refractivity contribution is -0.110. The van der Waals surface area contributed by atoms with Crippen molar-refractivity contribution < 1.29 is 9.53 Å². The van der Waals surface area contributed by atoms with Gasteiger partial charge in [0.25, 0.3) is 0 Å². The molecule has 2 N–H and O–H groups in total. The first-order chi connectivity index (χ1) is 14.5. The maximum atomic E-state index is 12.0. The first-order valence-corrected chi connectivity index (χ1v) is 10.6. The van der Waals surface area contributed by atoms with E-state index >= 15 is 0 Å². The summed E-state index contributed by atoms with van der Waals surface area (Å²) < 4.78 is 7.18. The first kappa shape index (κ1) is 21.7. The van der Waals surface area contributed by atoms with E-state index in [4.69, 9.17) is 22.2 Å². The van der Waals surface area contributed by atoms with Crippen molar-refractivity contribution >= 4 is 41.3 Å². The van der Waals surface area contributed by atoms with Gasteiger partial charge in [-0.25, -0.2) is 4.68 Å². The van der Waals surface area contributed by atoms with Crippen LogP contribution in [0, 0.1) is 6.92 Å². The standard InChI is InChI=1S/C22H21ClN4O2S/c1-16-25-26-22(27(16)24)30-15-14-29-20-12-7-17(8-13-20)6-10-19(28)11-9-18-4-2-3-5-21(18)23/h2-13H,14-15,24H2,1H3. The van der Waals surface area contributed by atoms with Crippen molar-refractivity contribution in [2.75, 3.05) is 18.2 Å². The Morgan fingerprint density at radius 1 is 1.13 bits per heavy atom. The van der Waals surface area contributed by atoms with E-state index < -0.39 is 0 Å². The van der Waals surface area contributed by atoms with E-state index in [1.807, 2.05) is 42.5 Å². The summed E-state index contributed by atoms with van der Waals surface area (Å²) in [5.74, 6) is 7.81. The van der Waals surface area contributed by atoms with Crippen molar-refractivity contribution in [2.24, 2.45) is 0 Å². The fourth-order valence-corrected chi connectivity index (χ4v) is 3.35. The molecule has 3 rings (SSSR count). The van der Waals surface area contributed by atoms with Crippen LogP contribution in [-0.2, 0) is 4.79 Å². The molecule has 0 saturated carbocycles. The molecule has 1 heterocycles. The molecule has 0 aliphatic rings. The molecular weight excluding hydrogens is 420 g/mol. The number of aromatic nitrogens is 3. The lowest BCUT2D eigenvalue weighted by atomic mass is 10.1. The zero-order chi connectivity index (χ0) is 21.3. The van der Waals surface area contributed by atoms with Crippen LogP contribution in [0.1, 0.15) is 17.0 Å². The fraction of sp³-hybridized carbons (Fsp3) is 0.136. The van der Waals surface area contributed by atoms with Crippen molar-refractivity contribution in [3.63, 3.8) is 0 Å². The van der Waals surface area contributed by atoms with E-state index in [0.717, 1.165) is 16.9 Å². The molecule has 2 aromatic carbocycles. The Hall–Kier alpha value is -3.03. The van der Waals surface area contributed by atoms with Gasteiger partial charge in [-0.3, -0.25) is 4.79 Å². The Labute approximate surface area is 184 Å². The normalized spacial score (nSPS) is 11.4. The molecule has 0 saturated heterocycles. The molecule has 154 valence electrons. The predicted molar refractivity (Wildman–Crippen MR) is 122 cm³/mol. The van der Waals surface area contributed by atoms with Gasteiger partial charge in [-0.1, -0.05) is 59.8 Å². The number of benzene rings is 2. The maximum absolute atomic E-state index is 12.0. The highest BCUT2D eigenvalue weighted by atomic mass is 35.5. The van der Waals surface area contributed by atoms with Gasteiger partial charge in [-0.15, -0.1) is 10.2 Å². The van der Waals surface area contributed by atoms with Crippen molar-refractivity contribution in [2.45, 2.75) is 12.1 Å². The molecule has 0 amide bonds. The Bertz CT molecular complexity index is 1060. The van der Waals surface area contributed by atoms with Crippen LogP contribution in [0.4, 0.5) is 0 Å². The summed E-state index contributed by atoms with van der Waals surface area (Å²) in [5, 5.41) is 9.17. The van der Waals surface area contributed by atoms with E-state index in [1.54, 1.807) is 25.1 Å². The number of nitrogen functional groups attached to an aromatic ring is 1. The third-order valence-corrected chi connectivity index (χ3v) is 5.32. The van der Waals surface area contributed by atoms with Gasteiger partial charge in [0, 0.05) is 10.8 Å². The summed E-state index contributed by atoms with van der Waals surface area (Å²) in [4.78, 5) is 12.0. The van der Waals surface area contributed by atoms with Gasteiger partial charge in [0.15, 0.2) is 5.78 Å². The van der Waals surface area contributed by atoms with Gasteiger partial charge < -0.3 is 10.6 Å². The molecular formula is C22H21ClN4O2S. The first-order valence-electron chi connectivity index (χ1n) is 9.20. The molecule has 0 atom stereocenters. The number of ketones is 1. The van der Waals surface area contributed by atoms with E-state index in [0.29, 0.717) is 28.4 Å². The van der Waals surface area contributed by atoms with Crippen LogP contribution in [0.5, 0.6) is 5.75 Å². The van der Waals surface area contributed by atoms with Gasteiger partial charge in [0.1, 0.15) is 11.6 Å². The van der Waals surface area contributed by atoms with Gasteiger partial charge in [-0.2, -0.15) is 0 Å². The lowest BCUT2D eigenvalue weighted by Gasteiger charge is -2.06. The molecule has 6 nitrogen and oxygen atoms in total. The van der Waals surface area contributed by atoms with E-state index in [1.165, 1.54) is 28.6 Å². The summed E-state index contributed by atoms with van der Waals surface area (Å²) in [6, 6.07) is 14.9. The molecule has 0 bridgehead atoms. The monoisotopic (exact) mass is 440 g/mol. The average Bonchev–Trinajstić information content (AvgIpc) is 3.07. The third kappa shape index (κ3) is 6.23. The number of nitrogens with two attached hydrogens (primary N) is 1. The summed E-state index contributed by atoms with van der Waals surface area (Å²) >= 11 is 7.56. The second kappa shape index (κ2) is 10.7. The minimum Gasteiger partial charge on any atom is -0.493 e. The molecule has 0 radical (unpaired) electrons. The van der Waals surface area contributed by atoms with Crippen LogP contribution in [0.25, 0.3) is 12.2 Å². The number of hydrogen-bond acceptors (Lipinski definition) is 6. The topological polar surface area (TPSA) is 83.0 Å². The molecule has 0 unspecified atom stereocenters. The van der Waals surface area contributed by atoms with Crippen LogP contribution in [0.15, 0.2) is 65.8 Å². The lowest BCUT2D eigenvalue weighted by Crippen LogP contribution is -2.12. The number of ether oxygens (including phenoxy) is 1. The second-order valence-electron chi connectivity index (χ2n) is 6.26. The largest absolute Gasteiger partial charge is 0.493 e. The number of carbonyl (C=O) groups excluding carboxylic acids is 1. The number of allylic oxidation sites excluding steroid dienone is 2. The summed E-state index contributed by atoms with van der Waals surface area (Å²) in [6.07, 6.45) is 6.48. The van der Waals surface area contributed by atoms with E-state index in [9.17, 15) is 4.79 Å². The molecule has 0 aliphatic heterocycles. The van der Waals surface area contributed by atoms with Crippen LogP contribution in [0.3, 0.4) is 0 Å². The zero-order valence-electron chi connectivity index (χ0n) is 16.4. The van der Waals surface area contributed by atoms with E-state index in [-0.39, 0.29) is 5.78 Å². The molecule has 30 heavy (non-hydrogen) atoms. The Morgan fingerprint density at radius 3 is 2.57 bits per heavy atom. The number of halogens is 1. The Kier molecular flexibility index (Phi) is 7.70. The van der Waals surface area contributed by atoms with Gasteiger partial charge in [0.05, 0.1) is 6.61 Å². The smallest absolute Gasteiger partial charge is 0.209 e. The van der Waals surface area contributed by atoms with Gasteiger partial charge in [0.2, 0.25) is 5.16 Å². The fourth-order valence-electron chi connectivity index (χ4n) is 2.43. The van der Waals surface area contributed by atoms with Crippen LogP contribution >= 0.6 is 23.4 Å². The number of thioether (sulfide) groups is 1. The van der Waals surface area contributed by atoms with Crippen molar-refractivity contribution in [1.82, 2.24) is 14.9 Å². The number of hydrogen-bond donors (Lipinski definition) is 1. The van der Waals surface area contributed by atoms with Crippen molar-refractivity contribution in [3.05, 3.63) is 82.7 Å². The zero-order valence-corrected chi connectivity index (χ0v) is 17.9. The quantitative estimate of drug-likeness (QED) is 0.229. The average molecular weight is 441 g/mol. The summed E-state index contributed by atoms with van der Waals surface area (Å²) in [7, 11) is 0. The van der Waals surface area contributed by atoms with Crippen molar-refractivity contribution in [3.8, 4) is 5.75 Å². The Balaban J connectivity index is 1.45. The van der Waals surface area contributed by atoms with E-state index in [2.05, 4.69) is 10.2 Å². The second-order valence-corrected chi connectivity index (χ2v) is 7.73. The van der Waals surface area contributed by atoms with Crippen molar-refractivity contribution in [1.29, 1.82) is 0 Å². The molecule has 1 aromatic heterocycles. The van der Waals surface area contributed by atoms with Crippen LogP contribution < -0.4 is 10.6 Å². The minimum absolute atomic E-state index is 0.115. The highest BCUT2D eigenvalue weighted by molar-refractivity contribution is 7.99. The minimum atomic E-state index is -0.115. The number of aryl methyl sites for hydroxylation is 1. The molecule has 3 aromatic rings. The third-order valence-electron chi connectivity index (χ3n) is 4.07. The Morgan fingerprint density at radius 2 is 1.87 bits per heavy atom. The van der Waals surface area contributed by atoms with Gasteiger partial charge in [-0.05, 0) is 54.5 Å². The highest BCUT2D eigenvalue weighted by Crippen LogP contribution is 2.18. The molecule has 0 spiro atoms. The maximum Gasteiger partial charge on any atom is 0.209 e.